The fourth-order valence-electron chi connectivity index (χ4n) is 7.37. The van der Waals surface area contributed by atoms with Gasteiger partial charge in [-0.15, -0.1) is 0 Å². The van der Waals surface area contributed by atoms with Gasteiger partial charge >= 0.3 is 5.97 Å². The van der Waals surface area contributed by atoms with Crippen LogP contribution in [0.3, 0.4) is 0 Å². The predicted octanol–water partition coefficient (Wildman–Crippen LogP) is 5.60. The number of hydrogen-bond acceptors (Lipinski definition) is 9. The molecule has 0 aliphatic carbocycles. The minimum Gasteiger partial charge on any atom is -0.480 e. The van der Waals surface area contributed by atoms with Crippen molar-refractivity contribution in [2.45, 2.75) is 63.8 Å². The number of piperidine rings is 1. The zero-order chi connectivity index (χ0) is 32.2. The molecule has 244 valence electrons. The number of imidazole rings is 1. The van der Waals surface area contributed by atoms with Crippen molar-refractivity contribution in [3.63, 3.8) is 0 Å². The van der Waals surface area contributed by atoms with Crippen LogP contribution in [0.4, 0.5) is 5.82 Å². The molecule has 1 N–H and O–H groups in total. The summed E-state index contributed by atoms with van der Waals surface area (Å²) in [6.45, 7) is 4.23. The largest absolute Gasteiger partial charge is 0.480 e. The Labute approximate surface area is 275 Å². The number of nitrogens with zero attached hydrogens (tertiary/aromatic N) is 6. The first-order valence-corrected chi connectivity index (χ1v) is 16.6. The molecule has 0 unspecified atom stereocenters. The van der Waals surface area contributed by atoms with Gasteiger partial charge < -0.3 is 28.8 Å². The number of halogens is 1. The molecule has 0 radical (unpaired) electrons. The Morgan fingerprint density at radius 1 is 1.09 bits per heavy atom. The number of rotatable bonds is 1. The van der Waals surface area contributed by atoms with E-state index in [0.717, 1.165) is 29.3 Å². The van der Waals surface area contributed by atoms with Crippen molar-refractivity contribution in [1.82, 2.24) is 24.4 Å². The van der Waals surface area contributed by atoms with Gasteiger partial charge in [-0.2, -0.15) is 4.98 Å². The maximum Gasteiger partial charge on any atom is 0.326 e. The standard InChI is InChI=1S/C34H35ClN6O6/c1-19-16-39-12-11-24(19)41-25-14-20(35)9-10-23(25)36-34(41)46-21-15-26(33(43)44)40(17-21)32-31-30(22-6-2-3-7-27(22)47-31)37-28(38-32)18-45-13-5-4-8-29(39)42/h2-3,6-7,9-10,14,19,21,24,26H,4-5,8,11-13,15-18H2,1H3,(H,43,44)/t19-,21-,24-,26-/m0/s1. The smallest absolute Gasteiger partial charge is 0.326 e. The van der Waals surface area contributed by atoms with E-state index in [1.807, 2.05) is 41.3 Å². The molecule has 6 bridgehead atoms. The zero-order valence-corrected chi connectivity index (χ0v) is 26.7. The summed E-state index contributed by atoms with van der Waals surface area (Å²) in [6, 6.07) is 12.6. The SMILES string of the molecule is C[C@H]1CN2CC[C@@H]1n1c(nc3ccc(Cl)cc31)O[C@H]1C[C@@H](C(=O)O)N(C1)c1nc(nc3c1oc1ccccc13)COCCCCC2=O. The van der Waals surface area contributed by atoms with Gasteiger partial charge in [0.15, 0.2) is 17.2 Å². The molecule has 5 aromatic rings. The molecule has 4 atom stereocenters. The molecule has 4 aliphatic rings. The number of aromatic nitrogens is 4. The van der Waals surface area contributed by atoms with Crippen LogP contribution in [0.25, 0.3) is 33.1 Å². The van der Waals surface area contributed by atoms with E-state index in [1.54, 1.807) is 11.0 Å². The van der Waals surface area contributed by atoms with Gasteiger partial charge in [0.1, 0.15) is 29.9 Å². The molecule has 0 saturated carbocycles. The monoisotopic (exact) mass is 658 g/mol. The first-order valence-electron chi connectivity index (χ1n) is 16.2. The highest BCUT2D eigenvalue weighted by atomic mass is 35.5. The van der Waals surface area contributed by atoms with Gasteiger partial charge in [-0.1, -0.05) is 30.7 Å². The number of carbonyl (C=O) groups is 2. The van der Waals surface area contributed by atoms with Gasteiger partial charge in [0.05, 0.1) is 17.6 Å². The van der Waals surface area contributed by atoms with E-state index in [0.29, 0.717) is 71.9 Å². The molecule has 0 spiro atoms. The summed E-state index contributed by atoms with van der Waals surface area (Å²) >= 11 is 6.47. The van der Waals surface area contributed by atoms with Crippen LogP contribution in [0.2, 0.25) is 5.02 Å². The number of furan rings is 1. The van der Waals surface area contributed by atoms with E-state index in [2.05, 4.69) is 11.5 Å². The third-order valence-electron chi connectivity index (χ3n) is 9.66. The van der Waals surface area contributed by atoms with E-state index in [-0.39, 0.29) is 37.4 Å². The second-order valence-corrected chi connectivity index (χ2v) is 13.2. The van der Waals surface area contributed by atoms with Gasteiger partial charge in [-0.05, 0) is 55.5 Å². The van der Waals surface area contributed by atoms with Gasteiger partial charge in [-0.25, -0.2) is 14.8 Å². The Morgan fingerprint density at radius 2 is 1.96 bits per heavy atom. The lowest BCUT2D eigenvalue weighted by Crippen LogP contribution is -2.43. The van der Waals surface area contributed by atoms with Crippen LogP contribution in [-0.2, 0) is 20.9 Å². The summed E-state index contributed by atoms with van der Waals surface area (Å²) in [5.41, 5.74) is 3.24. The summed E-state index contributed by atoms with van der Waals surface area (Å²) in [5, 5.41) is 11.8. The van der Waals surface area contributed by atoms with Crippen molar-refractivity contribution in [3.8, 4) is 6.01 Å². The maximum atomic E-state index is 13.2. The molecular weight excluding hydrogens is 624 g/mol. The molecule has 2 saturated heterocycles. The van der Waals surface area contributed by atoms with Crippen LogP contribution in [0, 0.1) is 5.92 Å². The minimum absolute atomic E-state index is 0.00360. The average Bonchev–Trinajstić information content (AvgIpc) is 3.75. The minimum atomic E-state index is -0.985. The fourth-order valence-corrected chi connectivity index (χ4v) is 7.54. The Morgan fingerprint density at radius 3 is 2.81 bits per heavy atom. The van der Waals surface area contributed by atoms with Crippen LogP contribution >= 0.6 is 11.6 Å². The van der Waals surface area contributed by atoms with Crippen LogP contribution in [0.5, 0.6) is 6.01 Å². The van der Waals surface area contributed by atoms with Crippen LogP contribution in [-0.4, -0.2) is 79.8 Å². The number of benzene rings is 2. The third kappa shape index (κ3) is 5.42. The van der Waals surface area contributed by atoms with E-state index < -0.39 is 18.1 Å². The lowest BCUT2D eigenvalue weighted by molar-refractivity contribution is -0.138. The molecule has 2 fully saturated rings. The van der Waals surface area contributed by atoms with Gasteiger partial charge in [0.2, 0.25) is 5.91 Å². The topological polar surface area (TPSA) is 136 Å². The van der Waals surface area contributed by atoms with Gasteiger partial charge in [0, 0.05) is 49.0 Å². The molecule has 7 heterocycles. The number of carboxylic acids is 1. The molecule has 13 heteroatoms. The highest BCUT2D eigenvalue weighted by Gasteiger charge is 2.42. The van der Waals surface area contributed by atoms with Crippen molar-refractivity contribution in [1.29, 1.82) is 0 Å². The quantitative estimate of drug-likeness (QED) is 0.242. The Balaban J connectivity index is 1.23. The van der Waals surface area contributed by atoms with E-state index in [9.17, 15) is 14.7 Å². The second-order valence-electron chi connectivity index (χ2n) is 12.8. The molecule has 2 aromatic carbocycles. The Kier molecular flexibility index (Phi) is 7.64. The summed E-state index contributed by atoms with van der Waals surface area (Å²) in [7, 11) is 0. The number of amides is 1. The van der Waals surface area contributed by atoms with Crippen molar-refractivity contribution in [2.75, 3.05) is 31.1 Å². The molecular formula is C34H35ClN6O6. The number of aliphatic carboxylic acids is 1. The number of hydrogen-bond donors (Lipinski definition) is 1. The molecule has 47 heavy (non-hydrogen) atoms. The third-order valence-corrected chi connectivity index (χ3v) is 9.90. The molecule has 1 amide bonds. The average molecular weight is 659 g/mol. The molecule has 3 aromatic heterocycles. The van der Waals surface area contributed by atoms with Crippen molar-refractivity contribution >= 4 is 62.4 Å². The number of anilines is 1. The van der Waals surface area contributed by atoms with Crippen molar-refractivity contribution < 1.29 is 28.6 Å². The summed E-state index contributed by atoms with van der Waals surface area (Å²) < 4.78 is 21.0. The summed E-state index contributed by atoms with van der Waals surface area (Å²) in [5.74, 6) is 0.101. The fraction of sp³-hybridized carbons (Fsp3) is 0.441. The number of ether oxygens (including phenoxy) is 2. The maximum absolute atomic E-state index is 13.2. The van der Waals surface area contributed by atoms with Crippen LogP contribution in [0.1, 0.15) is 50.9 Å². The Bertz CT molecular complexity index is 2010. The summed E-state index contributed by atoms with van der Waals surface area (Å²) in [4.78, 5) is 44.1. The van der Waals surface area contributed by atoms with Crippen LogP contribution in [0.15, 0.2) is 46.9 Å². The highest BCUT2D eigenvalue weighted by Crippen LogP contribution is 2.40. The summed E-state index contributed by atoms with van der Waals surface area (Å²) in [6.07, 6.45) is 2.31. The van der Waals surface area contributed by atoms with E-state index in [1.165, 1.54) is 0 Å². The number of carbonyl (C=O) groups excluding carboxylic acids is 1. The first kappa shape index (κ1) is 29.9. The zero-order valence-electron chi connectivity index (χ0n) is 26.0. The van der Waals surface area contributed by atoms with Crippen molar-refractivity contribution in [3.05, 3.63) is 53.3 Å². The number of para-hydroxylation sites is 1. The van der Waals surface area contributed by atoms with Crippen LogP contribution < -0.4 is 9.64 Å². The Hall–Kier alpha value is -4.42. The van der Waals surface area contributed by atoms with E-state index in [4.69, 9.17) is 40.4 Å². The van der Waals surface area contributed by atoms with E-state index >= 15 is 0 Å². The van der Waals surface area contributed by atoms with Crippen molar-refractivity contribution in [2.24, 2.45) is 5.92 Å². The normalized spacial score (nSPS) is 24.2. The molecule has 9 rings (SSSR count). The van der Waals surface area contributed by atoms with Gasteiger partial charge in [0.25, 0.3) is 6.01 Å². The lowest BCUT2D eigenvalue weighted by Gasteiger charge is -2.38. The molecule has 4 aliphatic heterocycles. The molecule has 12 nitrogen and oxygen atoms in total. The lowest BCUT2D eigenvalue weighted by atomic mass is 9.93. The second kappa shape index (κ2) is 12.0. The first-order chi connectivity index (χ1) is 22.8. The predicted molar refractivity (Wildman–Crippen MR) is 175 cm³/mol. The number of carboxylic acid groups (broad SMARTS) is 1. The van der Waals surface area contributed by atoms with Gasteiger partial charge in [-0.3, -0.25) is 9.36 Å². The highest BCUT2D eigenvalue weighted by molar-refractivity contribution is 6.31. The number of fused-ring (bicyclic) bond motifs is 12.